The zero-order valence-electron chi connectivity index (χ0n) is 46.5. The lowest BCUT2D eigenvalue weighted by Crippen LogP contribution is -2.61. The van der Waals surface area contributed by atoms with Gasteiger partial charge in [-0.25, -0.2) is 0 Å². The summed E-state index contributed by atoms with van der Waals surface area (Å²) in [6.07, 6.45) is 2.26. The minimum absolute atomic E-state index is 0.00136. The number of para-hydroxylation sites is 2. The van der Waals surface area contributed by atoms with Crippen molar-refractivity contribution in [2.45, 2.75) is 130 Å². The predicted octanol–water partition coefficient (Wildman–Crippen LogP) is 18.4. The molecule has 0 bridgehead atoms. The van der Waals surface area contributed by atoms with Crippen molar-refractivity contribution in [3.8, 4) is 11.1 Å². The third kappa shape index (κ3) is 8.15. The van der Waals surface area contributed by atoms with E-state index >= 15 is 0 Å². The van der Waals surface area contributed by atoms with Gasteiger partial charge in [0, 0.05) is 44.4 Å². The van der Waals surface area contributed by atoms with Gasteiger partial charge >= 0.3 is 0 Å². The van der Waals surface area contributed by atoms with Crippen LogP contribution in [0.25, 0.3) is 21.2 Å². The Morgan fingerprint density at radius 2 is 1.01 bits per heavy atom. The second kappa shape index (κ2) is 17.4. The van der Waals surface area contributed by atoms with Crippen molar-refractivity contribution in [3.63, 3.8) is 0 Å². The van der Waals surface area contributed by atoms with E-state index in [9.17, 15) is 0 Å². The van der Waals surface area contributed by atoms with Gasteiger partial charge in [0.2, 0.25) is 0 Å². The maximum Gasteiger partial charge on any atom is 0.254 e. The summed E-state index contributed by atoms with van der Waals surface area (Å²) in [6, 6.07) is 67.5. The fraction of sp³-hybridized carbons (Fsp3) is 0.286. The van der Waals surface area contributed by atoms with Gasteiger partial charge in [-0.3, -0.25) is 0 Å². The molecule has 1 aliphatic carbocycles. The number of hydrogen-bond donors (Lipinski definition) is 0. The number of thiophene rings is 1. The van der Waals surface area contributed by atoms with Gasteiger partial charge in [-0.2, -0.15) is 0 Å². The highest BCUT2D eigenvalue weighted by Crippen LogP contribution is 2.56. The summed E-state index contributed by atoms with van der Waals surface area (Å²) >= 11 is 1.96. The number of nitrogens with zero attached hydrogens (tertiary/aromatic N) is 3. The van der Waals surface area contributed by atoms with Gasteiger partial charge in [0.05, 0.1) is 16.4 Å². The molecule has 0 unspecified atom stereocenters. The first-order chi connectivity index (χ1) is 35.6. The maximum atomic E-state index is 2.72. The van der Waals surface area contributed by atoms with Crippen LogP contribution in [-0.4, -0.2) is 6.71 Å². The quantitative estimate of drug-likeness (QED) is 0.154. The monoisotopic (exact) mass is 998 g/mol. The Hall–Kier alpha value is -6.82. The van der Waals surface area contributed by atoms with Crippen LogP contribution in [0, 0.1) is 0 Å². The first kappa shape index (κ1) is 49.1. The van der Waals surface area contributed by atoms with E-state index in [1.165, 1.54) is 98.9 Å². The molecular weight excluding hydrogens is 926 g/mol. The normalized spacial score (nSPS) is 15.6. The fourth-order valence-corrected chi connectivity index (χ4v) is 13.8. The zero-order valence-corrected chi connectivity index (χ0v) is 47.3. The van der Waals surface area contributed by atoms with Gasteiger partial charge in [0.1, 0.15) is 0 Å². The van der Waals surface area contributed by atoms with E-state index in [2.05, 4.69) is 281 Å². The van der Waals surface area contributed by atoms with Crippen molar-refractivity contribution in [3.05, 3.63) is 204 Å². The SMILES string of the molecule is CC(C)(C)c1ccc(N2c3cc(N(c4ccccc4)c4ccccc4)cc4c3B(c3ccc5c(c32)C(C)(C)CCC5(C)C)c2c(sc3ccc(C(C)(C)C)cc23)N4c2ccc(C(C)(C)C)cc2-c2ccccc2)cc1. The summed E-state index contributed by atoms with van der Waals surface area (Å²) in [5.41, 5.74) is 22.8. The minimum atomic E-state index is -0.0864. The first-order valence-electron chi connectivity index (χ1n) is 27.3. The third-order valence-electron chi connectivity index (χ3n) is 16.9. The summed E-state index contributed by atoms with van der Waals surface area (Å²) in [5, 5.41) is 2.64. The van der Waals surface area contributed by atoms with Crippen molar-refractivity contribution in [2.75, 3.05) is 14.7 Å². The molecule has 0 saturated carbocycles. The molecule has 3 aliphatic rings. The average Bonchev–Trinajstić information content (AvgIpc) is 3.94. The lowest BCUT2D eigenvalue weighted by Gasteiger charge is -2.49. The summed E-state index contributed by atoms with van der Waals surface area (Å²) < 4.78 is 1.32. The van der Waals surface area contributed by atoms with Gasteiger partial charge in [0.25, 0.3) is 6.71 Å². The van der Waals surface area contributed by atoms with Crippen molar-refractivity contribution in [1.82, 2.24) is 0 Å². The molecule has 0 atom stereocenters. The molecule has 5 heteroatoms. The molecule has 3 nitrogen and oxygen atoms in total. The van der Waals surface area contributed by atoms with Crippen molar-refractivity contribution < 1.29 is 0 Å². The predicted molar refractivity (Wildman–Crippen MR) is 327 cm³/mol. The molecule has 8 aromatic carbocycles. The molecule has 0 saturated heterocycles. The number of rotatable bonds is 6. The fourth-order valence-electron chi connectivity index (χ4n) is 12.6. The van der Waals surface area contributed by atoms with Crippen molar-refractivity contribution in [1.29, 1.82) is 0 Å². The molecular formula is C70H72BN3S. The molecule has 75 heavy (non-hydrogen) atoms. The average molecular weight is 998 g/mol. The highest BCUT2D eigenvalue weighted by Gasteiger charge is 2.50. The lowest BCUT2D eigenvalue weighted by molar-refractivity contribution is 0.333. The second-order valence-corrected chi connectivity index (χ2v) is 27.2. The number of hydrogen-bond acceptors (Lipinski definition) is 4. The van der Waals surface area contributed by atoms with Crippen LogP contribution in [0.15, 0.2) is 176 Å². The smallest absolute Gasteiger partial charge is 0.254 e. The Morgan fingerprint density at radius 1 is 0.480 bits per heavy atom. The van der Waals surface area contributed by atoms with Crippen LogP contribution in [0.5, 0.6) is 0 Å². The van der Waals surface area contributed by atoms with Crippen LogP contribution >= 0.6 is 11.3 Å². The van der Waals surface area contributed by atoms with Gasteiger partial charge in [0.15, 0.2) is 0 Å². The lowest BCUT2D eigenvalue weighted by atomic mass is 9.33. The maximum absolute atomic E-state index is 2.72. The molecule has 3 heterocycles. The summed E-state index contributed by atoms with van der Waals surface area (Å²) in [4.78, 5) is 7.89. The largest absolute Gasteiger partial charge is 0.311 e. The van der Waals surface area contributed by atoms with Gasteiger partial charge in [-0.1, -0.05) is 199 Å². The van der Waals surface area contributed by atoms with Crippen molar-refractivity contribution in [2.24, 2.45) is 0 Å². The van der Waals surface area contributed by atoms with E-state index in [0.717, 1.165) is 29.9 Å². The molecule has 376 valence electrons. The number of anilines is 9. The van der Waals surface area contributed by atoms with Gasteiger partial charge in [-0.15, -0.1) is 11.3 Å². The van der Waals surface area contributed by atoms with E-state index in [0.29, 0.717) is 0 Å². The third-order valence-corrected chi connectivity index (χ3v) is 18.1. The first-order valence-corrected chi connectivity index (χ1v) is 28.2. The standard InChI is InChI=1S/C70H72BN3S/c1-66(2,3)46-29-33-51(34-30-46)73-58-43-52(72(49-25-19-15-20-26-49)50-27-21-16-22-28-50)44-59-63(58)71(56-36-35-55-61(64(56)73)70(12,13)40-39-69(55,10)11)62-54-42-48(68(7,8)9)32-38-60(54)75-65(62)74(59)57-37-31-47(67(4,5)6)41-53(57)45-23-17-14-18-24-45/h14-38,41-44H,39-40H2,1-13H3. The number of fused-ring (bicyclic) bond motifs is 8. The highest BCUT2D eigenvalue weighted by atomic mass is 32.1. The highest BCUT2D eigenvalue weighted by molar-refractivity contribution is 7.26. The van der Waals surface area contributed by atoms with Crippen LogP contribution in [0.3, 0.4) is 0 Å². The molecule has 12 rings (SSSR count). The Labute approximate surface area is 452 Å². The number of benzene rings is 8. The molecule has 0 radical (unpaired) electrons. The molecule has 0 amide bonds. The van der Waals surface area contributed by atoms with E-state index < -0.39 is 0 Å². The Bertz CT molecular complexity index is 3620. The van der Waals surface area contributed by atoms with Crippen LogP contribution in [-0.2, 0) is 27.1 Å². The molecule has 0 fully saturated rings. The second-order valence-electron chi connectivity index (χ2n) is 26.1. The van der Waals surface area contributed by atoms with E-state index in [-0.39, 0.29) is 33.8 Å². The Morgan fingerprint density at radius 3 is 1.61 bits per heavy atom. The van der Waals surface area contributed by atoms with E-state index in [1.807, 2.05) is 11.3 Å². The van der Waals surface area contributed by atoms with E-state index in [4.69, 9.17) is 0 Å². The molecule has 0 N–H and O–H groups in total. The van der Waals surface area contributed by atoms with Crippen LogP contribution in [0.2, 0.25) is 0 Å². The Balaban J connectivity index is 1.29. The molecule has 1 aromatic heterocycles. The van der Waals surface area contributed by atoms with Crippen LogP contribution in [0.4, 0.5) is 50.5 Å². The molecule has 0 spiro atoms. The zero-order chi connectivity index (χ0) is 52.6. The van der Waals surface area contributed by atoms with Gasteiger partial charge < -0.3 is 14.7 Å². The van der Waals surface area contributed by atoms with Gasteiger partial charge in [-0.05, 0) is 162 Å². The Kier molecular flexibility index (Phi) is 11.4. The van der Waals surface area contributed by atoms with Crippen LogP contribution in [0.1, 0.15) is 131 Å². The van der Waals surface area contributed by atoms with Crippen molar-refractivity contribution >= 4 is 95.0 Å². The van der Waals surface area contributed by atoms with Crippen LogP contribution < -0.4 is 31.1 Å². The minimum Gasteiger partial charge on any atom is -0.311 e. The van der Waals surface area contributed by atoms with E-state index in [1.54, 1.807) is 0 Å². The molecule has 2 aliphatic heterocycles. The summed E-state index contributed by atoms with van der Waals surface area (Å²) in [6.45, 7) is 31.0. The summed E-state index contributed by atoms with van der Waals surface area (Å²) in [7, 11) is 0. The topological polar surface area (TPSA) is 9.72 Å². The summed E-state index contributed by atoms with van der Waals surface area (Å²) in [5.74, 6) is 0. The molecule has 9 aromatic rings.